The van der Waals surface area contributed by atoms with Crippen LogP contribution in [0, 0.1) is 24.0 Å². The number of benzene rings is 2. The standard InChI is InChI=1S/C18H21N3O3/c1-13-5-4-6-17(14(13)2)19-18(22)12-20(3)11-15-7-9-16(10-8-15)21(23)24/h4-10H,11-12H2,1-3H3,(H,19,22). The van der Waals surface area contributed by atoms with Crippen LogP contribution in [0.1, 0.15) is 16.7 Å². The summed E-state index contributed by atoms with van der Waals surface area (Å²) in [6.07, 6.45) is 0. The first-order chi connectivity index (χ1) is 11.4. The van der Waals surface area contributed by atoms with Crippen LogP contribution in [-0.2, 0) is 11.3 Å². The maximum atomic E-state index is 12.2. The van der Waals surface area contributed by atoms with E-state index in [0.29, 0.717) is 6.54 Å². The number of nitrogens with zero attached hydrogens (tertiary/aromatic N) is 2. The second-order valence-electron chi connectivity index (χ2n) is 5.89. The first-order valence-corrected chi connectivity index (χ1v) is 7.65. The Morgan fingerprint density at radius 3 is 2.46 bits per heavy atom. The number of rotatable bonds is 6. The van der Waals surface area contributed by atoms with E-state index in [0.717, 1.165) is 22.4 Å². The monoisotopic (exact) mass is 327 g/mol. The molecule has 0 spiro atoms. The quantitative estimate of drug-likeness (QED) is 0.652. The van der Waals surface area contributed by atoms with Crippen LogP contribution in [0.25, 0.3) is 0 Å². The predicted octanol–water partition coefficient (Wildman–Crippen LogP) is 3.28. The minimum atomic E-state index is -0.425. The highest BCUT2D eigenvalue weighted by molar-refractivity contribution is 5.93. The van der Waals surface area contributed by atoms with Crippen LogP contribution in [-0.4, -0.2) is 29.3 Å². The van der Waals surface area contributed by atoms with Gasteiger partial charge in [-0.05, 0) is 43.7 Å². The third-order valence-electron chi connectivity index (χ3n) is 3.89. The molecule has 1 N–H and O–H groups in total. The fraction of sp³-hybridized carbons (Fsp3) is 0.278. The van der Waals surface area contributed by atoms with Crippen molar-refractivity contribution in [2.75, 3.05) is 18.9 Å². The Hall–Kier alpha value is -2.73. The van der Waals surface area contributed by atoms with Crippen LogP contribution in [0.15, 0.2) is 42.5 Å². The molecular formula is C18H21N3O3. The van der Waals surface area contributed by atoms with Crippen molar-refractivity contribution in [2.24, 2.45) is 0 Å². The van der Waals surface area contributed by atoms with Gasteiger partial charge in [-0.15, -0.1) is 0 Å². The number of carbonyl (C=O) groups is 1. The predicted molar refractivity (Wildman–Crippen MR) is 94.0 cm³/mol. The van der Waals surface area contributed by atoms with Gasteiger partial charge in [0.2, 0.25) is 5.91 Å². The Morgan fingerprint density at radius 2 is 1.83 bits per heavy atom. The molecule has 0 heterocycles. The molecule has 126 valence electrons. The normalized spacial score (nSPS) is 10.7. The topological polar surface area (TPSA) is 75.5 Å². The average Bonchev–Trinajstić information content (AvgIpc) is 2.52. The highest BCUT2D eigenvalue weighted by Crippen LogP contribution is 2.18. The second-order valence-corrected chi connectivity index (χ2v) is 5.89. The van der Waals surface area contributed by atoms with E-state index in [1.807, 2.05) is 44.0 Å². The highest BCUT2D eigenvalue weighted by Gasteiger charge is 2.10. The number of nitro groups is 1. The number of nitrogens with one attached hydrogen (secondary N) is 1. The lowest BCUT2D eigenvalue weighted by atomic mass is 10.1. The highest BCUT2D eigenvalue weighted by atomic mass is 16.6. The summed E-state index contributed by atoms with van der Waals surface area (Å²) in [5.74, 6) is -0.0897. The van der Waals surface area contributed by atoms with Crippen molar-refractivity contribution in [3.8, 4) is 0 Å². The van der Waals surface area contributed by atoms with E-state index in [-0.39, 0.29) is 18.1 Å². The smallest absolute Gasteiger partial charge is 0.269 e. The molecule has 0 aliphatic heterocycles. The van der Waals surface area contributed by atoms with Gasteiger partial charge in [0.05, 0.1) is 11.5 Å². The van der Waals surface area contributed by atoms with Crippen LogP contribution < -0.4 is 5.32 Å². The Bertz CT molecular complexity index is 742. The lowest BCUT2D eigenvalue weighted by Gasteiger charge is -2.17. The molecule has 0 aromatic heterocycles. The van der Waals surface area contributed by atoms with E-state index in [4.69, 9.17) is 0 Å². The van der Waals surface area contributed by atoms with Gasteiger partial charge in [0, 0.05) is 24.4 Å². The van der Waals surface area contributed by atoms with Crippen LogP contribution in [0.2, 0.25) is 0 Å². The third kappa shape index (κ3) is 4.63. The summed E-state index contributed by atoms with van der Waals surface area (Å²) in [5, 5.41) is 13.6. The number of hydrogen-bond donors (Lipinski definition) is 1. The summed E-state index contributed by atoms with van der Waals surface area (Å²) in [6, 6.07) is 12.2. The molecule has 0 saturated heterocycles. The van der Waals surface area contributed by atoms with Gasteiger partial charge < -0.3 is 5.32 Å². The van der Waals surface area contributed by atoms with Gasteiger partial charge in [-0.2, -0.15) is 0 Å². The van der Waals surface area contributed by atoms with Gasteiger partial charge in [-0.3, -0.25) is 19.8 Å². The van der Waals surface area contributed by atoms with Gasteiger partial charge in [-0.1, -0.05) is 24.3 Å². The first kappa shape index (κ1) is 17.6. The van der Waals surface area contributed by atoms with E-state index >= 15 is 0 Å². The Labute approximate surface area is 141 Å². The van der Waals surface area contributed by atoms with E-state index in [9.17, 15) is 14.9 Å². The minimum Gasteiger partial charge on any atom is -0.325 e. The maximum absolute atomic E-state index is 12.2. The van der Waals surface area contributed by atoms with Crippen molar-refractivity contribution >= 4 is 17.3 Å². The largest absolute Gasteiger partial charge is 0.325 e. The molecule has 0 unspecified atom stereocenters. The number of hydrogen-bond acceptors (Lipinski definition) is 4. The number of likely N-dealkylation sites (N-methyl/N-ethyl adjacent to an activating group) is 1. The summed E-state index contributed by atoms with van der Waals surface area (Å²) in [6.45, 7) is 4.76. The molecule has 6 heteroatoms. The fourth-order valence-electron chi connectivity index (χ4n) is 2.41. The summed E-state index contributed by atoms with van der Waals surface area (Å²) in [7, 11) is 1.84. The SMILES string of the molecule is Cc1cccc(NC(=O)CN(C)Cc2ccc([N+](=O)[O-])cc2)c1C. The van der Waals surface area contributed by atoms with Crippen LogP contribution in [0.4, 0.5) is 11.4 Å². The molecule has 2 aromatic carbocycles. The summed E-state index contributed by atoms with van der Waals surface area (Å²) in [5.41, 5.74) is 4.00. The van der Waals surface area contributed by atoms with Gasteiger partial charge in [0.25, 0.3) is 5.69 Å². The molecule has 0 saturated carbocycles. The Balaban J connectivity index is 1.91. The van der Waals surface area contributed by atoms with Gasteiger partial charge >= 0.3 is 0 Å². The van der Waals surface area contributed by atoms with Crippen LogP contribution >= 0.6 is 0 Å². The van der Waals surface area contributed by atoms with E-state index in [2.05, 4.69) is 5.32 Å². The van der Waals surface area contributed by atoms with Crippen molar-refractivity contribution in [1.82, 2.24) is 4.90 Å². The third-order valence-corrected chi connectivity index (χ3v) is 3.89. The molecule has 0 fully saturated rings. The molecular weight excluding hydrogens is 306 g/mol. The molecule has 0 atom stereocenters. The number of non-ortho nitro benzene ring substituents is 1. The Kier molecular flexibility index (Phi) is 5.65. The van der Waals surface area contributed by atoms with Crippen molar-refractivity contribution in [3.05, 3.63) is 69.3 Å². The number of anilines is 1. The van der Waals surface area contributed by atoms with Gasteiger partial charge in [0.1, 0.15) is 0 Å². The number of nitro benzene ring substituents is 1. The van der Waals surface area contributed by atoms with Gasteiger partial charge in [0.15, 0.2) is 0 Å². The van der Waals surface area contributed by atoms with Crippen molar-refractivity contribution in [1.29, 1.82) is 0 Å². The van der Waals surface area contributed by atoms with Crippen molar-refractivity contribution in [2.45, 2.75) is 20.4 Å². The minimum absolute atomic E-state index is 0.0640. The van der Waals surface area contributed by atoms with Gasteiger partial charge in [-0.25, -0.2) is 0 Å². The average molecular weight is 327 g/mol. The molecule has 0 aliphatic rings. The molecule has 0 radical (unpaired) electrons. The van der Waals surface area contributed by atoms with E-state index in [1.54, 1.807) is 12.1 Å². The van der Waals surface area contributed by atoms with E-state index in [1.165, 1.54) is 12.1 Å². The summed E-state index contributed by atoms with van der Waals surface area (Å²) in [4.78, 5) is 24.3. The van der Waals surface area contributed by atoms with Crippen LogP contribution in [0.3, 0.4) is 0 Å². The number of carbonyl (C=O) groups excluding carboxylic acids is 1. The van der Waals surface area contributed by atoms with Crippen molar-refractivity contribution < 1.29 is 9.72 Å². The number of amides is 1. The lowest BCUT2D eigenvalue weighted by Crippen LogP contribution is -2.30. The number of aryl methyl sites for hydroxylation is 1. The fourth-order valence-corrected chi connectivity index (χ4v) is 2.41. The molecule has 6 nitrogen and oxygen atoms in total. The zero-order valence-corrected chi connectivity index (χ0v) is 14.1. The van der Waals surface area contributed by atoms with Crippen molar-refractivity contribution in [3.63, 3.8) is 0 Å². The zero-order valence-electron chi connectivity index (χ0n) is 14.1. The second kappa shape index (κ2) is 7.70. The van der Waals surface area contributed by atoms with Crippen LogP contribution in [0.5, 0.6) is 0 Å². The summed E-state index contributed by atoms with van der Waals surface area (Å²) < 4.78 is 0. The first-order valence-electron chi connectivity index (χ1n) is 7.65. The summed E-state index contributed by atoms with van der Waals surface area (Å²) >= 11 is 0. The Morgan fingerprint density at radius 1 is 1.17 bits per heavy atom. The molecule has 1 amide bonds. The maximum Gasteiger partial charge on any atom is 0.269 e. The molecule has 0 aliphatic carbocycles. The molecule has 24 heavy (non-hydrogen) atoms. The van der Waals surface area contributed by atoms with E-state index < -0.39 is 4.92 Å². The lowest BCUT2D eigenvalue weighted by molar-refractivity contribution is -0.384. The zero-order chi connectivity index (χ0) is 17.7. The molecule has 2 aromatic rings. The molecule has 2 rings (SSSR count). The molecule has 0 bridgehead atoms.